The fraction of sp³-hybridized carbons (Fsp3) is 0.235. The van der Waals surface area contributed by atoms with Gasteiger partial charge in [0, 0.05) is 12.6 Å². The van der Waals surface area contributed by atoms with Gasteiger partial charge < -0.3 is 4.90 Å². The van der Waals surface area contributed by atoms with Crippen LogP contribution in [0.25, 0.3) is 0 Å². The van der Waals surface area contributed by atoms with E-state index in [1.807, 2.05) is 37.3 Å². The molecule has 0 aromatic heterocycles. The Kier molecular flexibility index (Phi) is 4.54. The van der Waals surface area contributed by atoms with Crippen molar-refractivity contribution in [1.29, 1.82) is 0 Å². The Balaban J connectivity index is 2.24. The van der Waals surface area contributed by atoms with Gasteiger partial charge in [-0.3, -0.25) is 4.79 Å². The summed E-state index contributed by atoms with van der Waals surface area (Å²) in [5.74, 6) is -0.442. The Labute approximate surface area is 127 Å². The van der Waals surface area contributed by atoms with Crippen LogP contribution in [0.1, 0.15) is 34.5 Å². The maximum Gasteiger partial charge on any atom is 0.416 e. The number of carbonyl (C=O) groups excluding carboxylic acids is 1. The fourth-order valence-corrected chi connectivity index (χ4v) is 2.16. The average Bonchev–Trinajstić information content (AvgIpc) is 2.53. The lowest BCUT2D eigenvalue weighted by Gasteiger charge is -2.25. The summed E-state index contributed by atoms with van der Waals surface area (Å²) in [7, 11) is 1.58. The van der Waals surface area contributed by atoms with Crippen molar-refractivity contribution in [3.63, 3.8) is 0 Å². The Bertz CT molecular complexity index is 652. The SMILES string of the molecule is CC(c1ccccc1)N(C)C(=O)c1cccc(C(F)(F)F)c1. The van der Waals surface area contributed by atoms with Gasteiger partial charge in [0.15, 0.2) is 0 Å². The van der Waals surface area contributed by atoms with E-state index >= 15 is 0 Å². The van der Waals surface area contributed by atoms with Crippen molar-refractivity contribution >= 4 is 5.91 Å². The lowest BCUT2D eigenvalue weighted by molar-refractivity contribution is -0.137. The number of alkyl halides is 3. The smallest absolute Gasteiger partial charge is 0.335 e. The van der Waals surface area contributed by atoms with E-state index in [2.05, 4.69) is 0 Å². The van der Waals surface area contributed by atoms with Crippen LogP contribution in [0, 0.1) is 0 Å². The van der Waals surface area contributed by atoms with E-state index < -0.39 is 17.6 Å². The zero-order chi connectivity index (χ0) is 16.3. The number of halogens is 3. The summed E-state index contributed by atoms with van der Waals surface area (Å²) in [5.41, 5.74) is 0.129. The van der Waals surface area contributed by atoms with E-state index in [1.165, 1.54) is 17.0 Å². The minimum atomic E-state index is -4.46. The standard InChI is InChI=1S/C17H16F3NO/c1-12(13-7-4-3-5-8-13)21(2)16(22)14-9-6-10-15(11-14)17(18,19)20/h3-12H,1-2H3. The van der Waals surface area contributed by atoms with Crippen LogP contribution in [0.3, 0.4) is 0 Å². The molecule has 0 radical (unpaired) electrons. The van der Waals surface area contributed by atoms with Gasteiger partial charge in [-0.1, -0.05) is 36.4 Å². The molecule has 0 aliphatic rings. The molecular formula is C17H16F3NO. The average molecular weight is 307 g/mol. The highest BCUT2D eigenvalue weighted by molar-refractivity contribution is 5.94. The third-order valence-electron chi connectivity index (χ3n) is 3.62. The molecule has 2 aromatic carbocycles. The number of rotatable bonds is 3. The molecule has 2 rings (SSSR count). The monoisotopic (exact) mass is 307 g/mol. The van der Waals surface area contributed by atoms with Gasteiger partial charge in [0.25, 0.3) is 5.91 Å². The van der Waals surface area contributed by atoms with Gasteiger partial charge in [0.2, 0.25) is 0 Å². The second-order valence-corrected chi connectivity index (χ2v) is 5.08. The predicted octanol–water partition coefficient (Wildman–Crippen LogP) is 4.54. The van der Waals surface area contributed by atoms with Crippen LogP contribution in [0.2, 0.25) is 0 Å². The van der Waals surface area contributed by atoms with Gasteiger partial charge in [-0.05, 0) is 30.7 Å². The van der Waals surface area contributed by atoms with Crippen LogP contribution in [0.5, 0.6) is 0 Å². The summed E-state index contributed by atoms with van der Waals surface area (Å²) in [5, 5.41) is 0. The maximum absolute atomic E-state index is 12.7. The maximum atomic E-state index is 12.7. The lowest BCUT2D eigenvalue weighted by Crippen LogP contribution is -2.29. The first-order valence-electron chi connectivity index (χ1n) is 6.80. The van der Waals surface area contributed by atoms with Crippen molar-refractivity contribution in [3.8, 4) is 0 Å². The molecule has 0 heterocycles. The Morgan fingerprint density at radius 2 is 1.68 bits per heavy atom. The summed E-state index contributed by atoms with van der Waals surface area (Å²) < 4.78 is 38.2. The topological polar surface area (TPSA) is 20.3 Å². The summed E-state index contributed by atoms with van der Waals surface area (Å²) in [4.78, 5) is 13.8. The molecule has 5 heteroatoms. The highest BCUT2D eigenvalue weighted by atomic mass is 19.4. The van der Waals surface area contributed by atoms with E-state index in [1.54, 1.807) is 7.05 Å². The first kappa shape index (κ1) is 16.1. The molecule has 0 fully saturated rings. The molecule has 116 valence electrons. The van der Waals surface area contributed by atoms with Gasteiger partial charge in [-0.2, -0.15) is 13.2 Å². The summed E-state index contributed by atoms with van der Waals surface area (Å²) in [6.07, 6.45) is -4.46. The van der Waals surface area contributed by atoms with Crippen LogP contribution in [-0.4, -0.2) is 17.9 Å². The Hall–Kier alpha value is -2.30. The van der Waals surface area contributed by atoms with E-state index in [4.69, 9.17) is 0 Å². The van der Waals surface area contributed by atoms with Gasteiger partial charge in [-0.15, -0.1) is 0 Å². The van der Waals surface area contributed by atoms with Crippen molar-refractivity contribution in [2.45, 2.75) is 19.1 Å². The second-order valence-electron chi connectivity index (χ2n) is 5.08. The molecule has 0 N–H and O–H groups in total. The molecule has 0 aliphatic heterocycles. The van der Waals surface area contributed by atoms with Crippen molar-refractivity contribution in [1.82, 2.24) is 4.90 Å². The molecule has 0 spiro atoms. The minimum absolute atomic E-state index is 0.0279. The minimum Gasteiger partial charge on any atom is -0.335 e. The summed E-state index contributed by atoms with van der Waals surface area (Å²) >= 11 is 0. The van der Waals surface area contributed by atoms with E-state index in [0.29, 0.717) is 0 Å². The first-order valence-corrected chi connectivity index (χ1v) is 6.80. The van der Waals surface area contributed by atoms with Crippen molar-refractivity contribution in [3.05, 3.63) is 71.3 Å². The molecule has 1 unspecified atom stereocenters. The molecule has 0 bridgehead atoms. The lowest BCUT2D eigenvalue weighted by atomic mass is 10.1. The molecule has 2 nitrogen and oxygen atoms in total. The van der Waals surface area contributed by atoms with Crippen molar-refractivity contribution in [2.24, 2.45) is 0 Å². The molecular weight excluding hydrogens is 291 g/mol. The molecule has 1 amide bonds. The van der Waals surface area contributed by atoms with Crippen LogP contribution in [0.15, 0.2) is 54.6 Å². The Morgan fingerprint density at radius 1 is 1.05 bits per heavy atom. The number of nitrogens with zero attached hydrogens (tertiary/aromatic N) is 1. The second kappa shape index (κ2) is 6.22. The quantitative estimate of drug-likeness (QED) is 0.815. The normalized spacial score (nSPS) is 12.8. The number of benzene rings is 2. The molecule has 22 heavy (non-hydrogen) atoms. The molecule has 0 saturated carbocycles. The van der Waals surface area contributed by atoms with E-state index in [-0.39, 0.29) is 11.6 Å². The molecule has 2 aromatic rings. The van der Waals surface area contributed by atoms with E-state index in [9.17, 15) is 18.0 Å². The molecule has 1 atom stereocenters. The zero-order valence-electron chi connectivity index (χ0n) is 12.3. The Morgan fingerprint density at radius 3 is 2.27 bits per heavy atom. The zero-order valence-corrected chi connectivity index (χ0v) is 12.3. The number of hydrogen-bond donors (Lipinski definition) is 0. The van der Waals surface area contributed by atoms with Crippen LogP contribution in [0.4, 0.5) is 13.2 Å². The van der Waals surface area contributed by atoms with E-state index in [0.717, 1.165) is 17.7 Å². The summed E-state index contributed by atoms with van der Waals surface area (Å²) in [6.45, 7) is 1.83. The van der Waals surface area contributed by atoms with Gasteiger partial charge in [0.1, 0.15) is 0 Å². The summed E-state index contributed by atoms with van der Waals surface area (Å²) in [6, 6.07) is 13.6. The van der Waals surface area contributed by atoms with Crippen molar-refractivity contribution in [2.75, 3.05) is 7.05 Å². The predicted molar refractivity (Wildman–Crippen MR) is 78.4 cm³/mol. The number of amides is 1. The van der Waals surface area contributed by atoms with Crippen LogP contribution in [-0.2, 0) is 6.18 Å². The third kappa shape index (κ3) is 3.47. The largest absolute Gasteiger partial charge is 0.416 e. The first-order chi connectivity index (χ1) is 10.3. The van der Waals surface area contributed by atoms with Gasteiger partial charge in [-0.25, -0.2) is 0 Å². The number of hydrogen-bond acceptors (Lipinski definition) is 1. The molecule has 0 saturated heterocycles. The van der Waals surface area contributed by atoms with Gasteiger partial charge >= 0.3 is 6.18 Å². The third-order valence-corrected chi connectivity index (χ3v) is 3.62. The fourth-order valence-electron chi connectivity index (χ4n) is 2.16. The van der Waals surface area contributed by atoms with Crippen LogP contribution < -0.4 is 0 Å². The highest BCUT2D eigenvalue weighted by Gasteiger charge is 2.31. The molecule has 0 aliphatic carbocycles. The highest BCUT2D eigenvalue weighted by Crippen LogP contribution is 2.30. The van der Waals surface area contributed by atoms with Crippen LogP contribution >= 0.6 is 0 Å². The van der Waals surface area contributed by atoms with Gasteiger partial charge in [0.05, 0.1) is 11.6 Å². The number of carbonyl (C=O) groups is 1. The van der Waals surface area contributed by atoms with Crippen molar-refractivity contribution < 1.29 is 18.0 Å².